The molecule has 1 amide bonds. The Bertz CT molecular complexity index is 1650. The number of carbonyl (C=O) groups is 4. The molecule has 2 aromatic heterocycles. The number of carboxylic acids is 1. The van der Waals surface area contributed by atoms with Gasteiger partial charge in [-0.25, -0.2) is 19.6 Å². The summed E-state index contributed by atoms with van der Waals surface area (Å²) in [4.78, 5) is 74.4. The Morgan fingerprint density at radius 2 is 1.55 bits per heavy atom. The van der Waals surface area contributed by atoms with Crippen LogP contribution in [0.1, 0.15) is 35.8 Å². The minimum absolute atomic E-state index is 0.0343. The Balaban J connectivity index is 1.27. The van der Waals surface area contributed by atoms with E-state index < -0.39 is 35.4 Å². The summed E-state index contributed by atoms with van der Waals surface area (Å²) < 4.78 is 25.9. The van der Waals surface area contributed by atoms with Crippen molar-refractivity contribution >= 4 is 46.6 Å². The Labute approximate surface area is 280 Å². The molecule has 0 aliphatic carbocycles. The number of nitrogens with two attached hydrogens (primary N) is 1. The van der Waals surface area contributed by atoms with E-state index in [9.17, 15) is 29.1 Å². The molecule has 1 atom stereocenters. The van der Waals surface area contributed by atoms with Gasteiger partial charge in [-0.3, -0.25) is 19.4 Å². The van der Waals surface area contributed by atoms with Crippen molar-refractivity contribution in [1.82, 2.24) is 25.3 Å². The smallest absolute Gasteiger partial charge is 0.333 e. The number of anilines is 2. The molecule has 3 rings (SSSR count). The van der Waals surface area contributed by atoms with Crippen LogP contribution in [0.4, 0.5) is 11.6 Å². The lowest BCUT2D eigenvalue weighted by Gasteiger charge is -2.15. The van der Waals surface area contributed by atoms with Gasteiger partial charge >= 0.3 is 17.9 Å². The van der Waals surface area contributed by atoms with Crippen LogP contribution in [0.5, 0.6) is 0 Å². The highest BCUT2D eigenvalue weighted by atomic mass is 16.6. The molecule has 2 heterocycles. The first-order chi connectivity index (χ1) is 23.5. The number of H-pyrrole nitrogens is 1. The highest BCUT2D eigenvalue weighted by Gasteiger charge is 2.22. The van der Waals surface area contributed by atoms with Crippen LogP contribution in [-0.4, -0.2) is 108 Å². The number of aromatic nitrogens is 4. The van der Waals surface area contributed by atoms with E-state index in [1.807, 2.05) is 0 Å². The second kappa shape index (κ2) is 20.0. The van der Waals surface area contributed by atoms with Crippen LogP contribution < -0.4 is 21.9 Å². The number of hydrogen-bond acceptors (Lipinski definition) is 15. The van der Waals surface area contributed by atoms with Gasteiger partial charge in [-0.15, -0.1) is 0 Å². The largest absolute Gasteiger partial charge is 0.480 e. The van der Waals surface area contributed by atoms with Crippen molar-refractivity contribution in [3.05, 3.63) is 64.2 Å². The summed E-state index contributed by atoms with van der Waals surface area (Å²) in [5.74, 6) is -3.10. The summed E-state index contributed by atoms with van der Waals surface area (Å²) in [5.41, 5.74) is 6.79. The number of aromatic amines is 1. The second-order valence-corrected chi connectivity index (χ2v) is 10.3. The van der Waals surface area contributed by atoms with Gasteiger partial charge in [0.05, 0.1) is 58.1 Å². The Hall–Kier alpha value is -5.46. The average Bonchev–Trinajstić information content (AvgIpc) is 3.07. The van der Waals surface area contributed by atoms with E-state index in [0.717, 1.165) is 0 Å². The fourth-order valence-corrected chi connectivity index (χ4v) is 3.89. The predicted octanol–water partition coefficient (Wildman–Crippen LogP) is 0.583. The number of carbonyl (C=O) groups excluding carboxylic acids is 3. The lowest BCUT2D eigenvalue weighted by molar-refractivity contribution is -0.146. The van der Waals surface area contributed by atoms with Crippen molar-refractivity contribution < 1.29 is 48.0 Å². The zero-order valence-corrected chi connectivity index (χ0v) is 26.9. The standard InChI is InChI=1S/C31H39N7O11/c1-19(2)30(44)49-16-14-47-12-10-45-9-11-46-13-15-48-24(39)8-7-23(29(42)43)36-27(40)20-3-5-21(6-4-20)33-17-22-18-34-26-25(35-22)28(41)38-31(32)37-26/h3-6,18,23,33H,1,7-17H2,2H3,(H,36,40)(H,42,43)(H3,32,34,37,38,41). The van der Waals surface area contributed by atoms with Crippen LogP contribution in [0.3, 0.4) is 0 Å². The van der Waals surface area contributed by atoms with Crippen LogP contribution in [0, 0.1) is 0 Å². The molecule has 0 saturated heterocycles. The molecule has 0 saturated carbocycles. The molecule has 3 aromatic rings. The molecule has 6 N–H and O–H groups in total. The summed E-state index contributed by atoms with van der Waals surface area (Å²) in [7, 11) is 0. The Morgan fingerprint density at radius 3 is 2.16 bits per heavy atom. The van der Waals surface area contributed by atoms with Crippen molar-refractivity contribution in [2.75, 3.05) is 63.9 Å². The van der Waals surface area contributed by atoms with Gasteiger partial charge < -0.3 is 45.2 Å². The van der Waals surface area contributed by atoms with Gasteiger partial charge in [-0.1, -0.05) is 6.58 Å². The number of aliphatic carboxylic acids is 1. The second-order valence-electron chi connectivity index (χ2n) is 10.3. The van der Waals surface area contributed by atoms with E-state index in [0.29, 0.717) is 36.8 Å². The van der Waals surface area contributed by atoms with Crippen LogP contribution >= 0.6 is 0 Å². The summed E-state index contributed by atoms with van der Waals surface area (Å²) in [6, 6.07) is 4.91. The van der Waals surface area contributed by atoms with E-state index in [1.54, 1.807) is 19.1 Å². The maximum Gasteiger partial charge on any atom is 0.333 e. The minimum Gasteiger partial charge on any atom is -0.480 e. The topological polar surface area (TPSA) is 256 Å². The van der Waals surface area contributed by atoms with Crippen molar-refractivity contribution in [3.8, 4) is 0 Å². The first kappa shape index (κ1) is 38.0. The van der Waals surface area contributed by atoms with E-state index >= 15 is 0 Å². The van der Waals surface area contributed by atoms with Gasteiger partial charge in [-0.05, 0) is 37.6 Å². The molecule has 18 nitrogen and oxygen atoms in total. The number of nitrogens with one attached hydrogen (secondary N) is 3. The molecule has 18 heteroatoms. The van der Waals surface area contributed by atoms with Crippen LogP contribution in [0.25, 0.3) is 11.2 Å². The highest BCUT2D eigenvalue weighted by molar-refractivity contribution is 5.97. The normalized spacial score (nSPS) is 11.4. The lowest BCUT2D eigenvalue weighted by atomic mass is 10.1. The van der Waals surface area contributed by atoms with E-state index in [-0.39, 0.29) is 75.1 Å². The molecular weight excluding hydrogens is 646 g/mol. The number of carboxylic acid groups (broad SMARTS) is 1. The molecule has 264 valence electrons. The molecule has 1 aromatic carbocycles. The van der Waals surface area contributed by atoms with Crippen molar-refractivity contribution in [2.45, 2.75) is 32.4 Å². The monoisotopic (exact) mass is 685 g/mol. The number of hydrogen-bond donors (Lipinski definition) is 5. The highest BCUT2D eigenvalue weighted by Crippen LogP contribution is 2.12. The number of amides is 1. The molecule has 0 fully saturated rings. The molecule has 1 unspecified atom stereocenters. The number of nitrogen functional groups attached to an aromatic ring is 1. The van der Waals surface area contributed by atoms with E-state index in [2.05, 4.69) is 37.1 Å². The number of nitrogens with zero attached hydrogens (tertiary/aromatic N) is 3. The maximum atomic E-state index is 12.7. The molecule has 0 aliphatic heterocycles. The number of rotatable bonds is 22. The quantitative estimate of drug-likeness (QED) is 0.0551. The number of esters is 2. The van der Waals surface area contributed by atoms with E-state index in [1.165, 1.54) is 18.3 Å². The maximum absolute atomic E-state index is 12.7. The Morgan fingerprint density at radius 1 is 0.939 bits per heavy atom. The minimum atomic E-state index is -1.32. The van der Waals surface area contributed by atoms with Gasteiger partial charge in [0.1, 0.15) is 19.3 Å². The molecule has 0 aliphatic rings. The molecule has 0 spiro atoms. The van der Waals surface area contributed by atoms with Gasteiger partial charge in [0.2, 0.25) is 5.95 Å². The molecule has 0 bridgehead atoms. The third kappa shape index (κ3) is 13.7. The van der Waals surface area contributed by atoms with Gasteiger partial charge in [0.15, 0.2) is 11.2 Å². The third-order valence-electron chi connectivity index (χ3n) is 6.39. The SMILES string of the molecule is C=C(C)C(=O)OCCOCCOCCOCCOC(=O)CCC(NC(=O)c1ccc(NCc2cnc3nc(N)[nH]c(=O)c3n2)cc1)C(=O)O. The van der Waals surface area contributed by atoms with Gasteiger partial charge in [0, 0.05) is 23.2 Å². The third-order valence-corrected chi connectivity index (χ3v) is 6.39. The van der Waals surface area contributed by atoms with Crippen molar-refractivity contribution in [3.63, 3.8) is 0 Å². The number of benzene rings is 1. The molecule has 49 heavy (non-hydrogen) atoms. The lowest BCUT2D eigenvalue weighted by Crippen LogP contribution is -2.41. The number of ether oxygens (including phenoxy) is 5. The summed E-state index contributed by atoms with van der Waals surface area (Å²) >= 11 is 0. The number of fused-ring (bicyclic) bond motifs is 1. The summed E-state index contributed by atoms with van der Waals surface area (Å²) in [5, 5.41) is 15.1. The van der Waals surface area contributed by atoms with Crippen molar-refractivity contribution in [1.29, 1.82) is 0 Å². The summed E-state index contributed by atoms with van der Waals surface area (Å²) in [6.07, 6.45) is 1.04. The van der Waals surface area contributed by atoms with Crippen LogP contribution in [-0.2, 0) is 44.6 Å². The van der Waals surface area contributed by atoms with Crippen LogP contribution in [0.2, 0.25) is 0 Å². The molecule has 0 radical (unpaired) electrons. The average molecular weight is 686 g/mol. The van der Waals surface area contributed by atoms with Crippen molar-refractivity contribution in [2.24, 2.45) is 0 Å². The first-order valence-corrected chi connectivity index (χ1v) is 15.1. The zero-order chi connectivity index (χ0) is 35.6. The fourth-order valence-electron chi connectivity index (χ4n) is 3.89. The molecular formula is C31H39N7O11. The summed E-state index contributed by atoms with van der Waals surface area (Å²) in [6.45, 7) is 6.88. The first-order valence-electron chi connectivity index (χ1n) is 15.1. The van der Waals surface area contributed by atoms with Gasteiger partial charge in [0.25, 0.3) is 11.5 Å². The zero-order valence-electron chi connectivity index (χ0n) is 26.9. The predicted molar refractivity (Wildman–Crippen MR) is 173 cm³/mol. The Kier molecular flexibility index (Phi) is 15.5. The fraction of sp³-hybridized carbons (Fsp3) is 0.419. The van der Waals surface area contributed by atoms with Gasteiger partial charge in [-0.2, -0.15) is 4.98 Å². The van der Waals surface area contributed by atoms with E-state index in [4.69, 9.17) is 29.4 Å². The van der Waals surface area contributed by atoms with Crippen LogP contribution in [0.15, 0.2) is 47.4 Å².